The van der Waals surface area contributed by atoms with E-state index in [0.29, 0.717) is 81.8 Å². The summed E-state index contributed by atoms with van der Waals surface area (Å²) < 4.78 is 22.1. The minimum atomic E-state index is 0.0246. The number of aromatic hydroxyl groups is 4. The van der Waals surface area contributed by atoms with Gasteiger partial charge >= 0.3 is 0 Å². The maximum Gasteiger partial charge on any atom is 0.166 e. The standard InChI is InChI=1S/C25H36O4.C24H34O2.C23H32.C22H30O2.C22H30/c1-13(2)15(5)18-10-20(23(26)22(11-18)28-8)21-12-19(16(6)14(3)4)17(7)25(29-9)24(21)27;1-7-17(3)9-19-11-21(15-23(13-19)25-5)22-12-20(10-18(4)8-2)14-24(16-22)26-6;1-15(2)18(6)20-9-8-10-21(13-20)22-12-11-17(5)23(14-22)19(7)16(3)4;1-5-15(3)11-17-7-9-21(23)19(13-17)20-14-18(8-10-22(20)24)12-16(4)6-2;1-5-17(3)13-19-9-7-11-21(15-19)22-12-8-10-20(16-22)14-18(4)6-2/h10-16,26-27H,1-9H3;11-18H,7-10H2,1-6H3;8-16,18-19H,1-7H3;7-10,13-16,23-24H,5-6,11-12H2,1-4H3;7-12,15-18H,5-6,13-14H2,1-4H3. The van der Waals surface area contributed by atoms with Crippen LogP contribution in [0.5, 0.6) is 46.0 Å². The van der Waals surface area contributed by atoms with Crippen molar-refractivity contribution in [1.82, 2.24) is 0 Å². The molecule has 8 nitrogen and oxygen atoms in total. The zero-order valence-electron chi connectivity index (χ0n) is 82.3. The normalized spacial score (nSPS) is 13.7. The first-order valence-corrected chi connectivity index (χ1v) is 47.1. The summed E-state index contributed by atoms with van der Waals surface area (Å²) in [7, 11) is 6.59. The number of rotatable bonds is 35. The molecule has 0 aliphatic carbocycles. The number of hydrogen-bond donors (Lipinski definition) is 4. The number of ether oxygens (including phenoxy) is 4. The van der Waals surface area contributed by atoms with Crippen LogP contribution in [0.3, 0.4) is 0 Å². The number of aryl methyl sites for hydroxylation is 1. The van der Waals surface area contributed by atoms with Gasteiger partial charge in [-0.3, -0.25) is 0 Å². The monoisotopic (exact) mass is 1680 g/mol. The lowest BCUT2D eigenvalue weighted by Crippen LogP contribution is -2.07. The molecule has 124 heavy (non-hydrogen) atoms. The summed E-state index contributed by atoms with van der Waals surface area (Å²) in [5.74, 6) is 11.2. The first-order valence-electron chi connectivity index (χ1n) is 47.1. The molecule has 0 amide bonds. The van der Waals surface area contributed by atoms with Crippen molar-refractivity contribution in [3.8, 4) is 102 Å². The number of hydrogen-bond acceptors (Lipinski definition) is 8. The van der Waals surface area contributed by atoms with Crippen molar-refractivity contribution < 1.29 is 39.4 Å². The van der Waals surface area contributed by atoms with Crippen LogP contribution in [0, 0.1) is 73.0 Å². The van der Waals surface area contributed by atoms with E-state index in [2.05, 4.69) is 300 Å². The van der Waals surface area contributed by atoms with E-state index in [1.807, 2.05) is 49.4 Å². The molecule has 0 aromatic heterocycles. The van der Waals surface area contributed by atoms with Gasteiger partial charge in [0.15, 0.2) is 23.0 Å². The minimum absolute atomic E-state index is 0.0246. The molecule has 4 N–H and O–H groups in total. The van der Waals surface area contributed by atoms with Crippen LogP contribution < -0.4 is 18.9 Å². The molecule has 10 unspecified atom stereocenters. The lowest BCUT2D eigenvalue weighted by Gasteiger charge is -2.24. The molecule has 0 aliphatic rings. The Kier molecular flexibility index (Phi) is 42.2. The van der Waals surface area contributed by atoms with E-state index in [1.54, 1.807) is 40.6 Å². The summed E-state index contributed by atoms with van der Waals surface area (Å²) >= 11 is 0. The largest absolute Gasteiger partial charge is 0.507 e. The lowest BCUT2D eigenvalue weighted by atomic mass is 9.83. The van der Waals surface area contributed by atoms with Gasteiger partial charge in [0.05, 0.1) is 28.4 Å². The predicted molar refractivity (Wildman–Crippen MR) is 534 cm³/mol. The molecule has 0 saturated heterocycles. The minimum Gasteiger partial charge on any atom is -0.507 e. The fourth-order valence-corrected chi connectivity index (χ4v) is 15.8. The second-order valence-electron chi connectivity index (χ2n) is 38.0. The molecule has 10 rings (SSSR count). The molecular formula is C116H162O8. The van der Waals surface area contributed by atoms with Gasteiger partial charge in [0, 0.05) is 22.3 Å². The van der Waals surface area contributed by atoms with Crippen LogP contribution in [0.15, 0.2) is 182 Å². The van der Waals surface area contributed by atoms with Crippen LogP contribution in [0.2, 0.25) is 0 Å². The molecule has 0 fully saturated rings. The Morgan fingerprint density at radius 3 is 1.01 bits per heavy atom. The van der Waals surface area contributed by atoms with E-state index in [0.717, 1.165) is 89.7 Å². The smallest absolute Gasteiger partial charge is 0.166 e. The number of phenols is 4. The third-order valence-corrected chi connectivity index (χ3v) is 26.9. The van der Waals surface area contributed by atoms with E-state index in [4.69, 9.17) is 18.9 Å². The molecule has 10 aromatic rings. The number of benzene rings is 10. The molecule has 0 spiro atoms. The first kappa shape index (κ1) is 103. The Morgan fingerprint density at radius 2 is 0.621 bits per heavy atom. The highest BCUT2D eigenvalue weighted by atomic mass is 16.5. The van der Waals surface area contributed by atoms with Crippen LogP contribution in [-0.2, 0) is 38.5 Å². The van der Waals surface area contributed by atoms with Crippen molar-refractivity contribution in [1.29, 1.82) is 0 Å². The highest BCUT2D eigenvalue weighted by molar-refractivity contribution is 5.83. The van der Waals surface area contributed by atoms with Gasteiger partial charge < -0.3 is 39.4 Å². The Labute approximate surface area is 753 Å². The fourth-order valence-electron chi connectivity index (χ4n) is 15.8. The Bertz CT molecular complexity index is 4730. The van der Waals surface area contributed by atoms with E-state index >= 15 is 0 Å². The zero-order chi connectivity index (χ0) is 91.9. The molecule has 0 bridgehead atoms. The highest BCUT2D eigenvalue weighted by Crippen LogP contribution is 2.50. The zero-order valence-corrected chi connectivity index (χ0v) is 82.3. The van der Waals surface area contributed by atoms with Crippen LogP contribution >= 0.6 is 0 Å². The summed E-state index contributed by atoms with van der Waals surface area (Å²) in [6.07, 6.45) is 13.6. The van der Waals surface area contributed by atoms with Crippen molar-refractivity contribution in [2.45, 2.75) is 281 Å². The van der Waals surface area contributed by atoms with Crippen LogP contribution in [0.4, 0.5) is 0 Å². The van der Waals surface area contributed by atoms with Crippen LogP contribution in [0.1, 0.15) is 295 Å². The fraction of sp³-hybridized carbons (Fsp3) is 0.483. The molecule has 10 aromatic carbocycles. The topological polar surface area (TPSA) is 118 Å². The lowest BCUT2D eigenvalue weighted by molar-refractivity contribution is 0.367. The van der Waals surface area contributed by atoms with E-state index < -0.39 is 0 Å². The van der Waals surface area contributed by atoms with Crippen molar-refractivity contribution >= 4 is 0 Å². The maximum atomic E-state index is 11.0. The quantitative estimate of drug-likeness (QED) is 0.0310. The van der Waals surface area contributed by atoms with Gasteiger partial charge in [-0.1, -0.05) is 320 Å². The summed E-state index contributed by atoms with van der Waals surface area (Å²) in [5.41, 5.74) is 25.7. The SMILES string of the molecule is CCC(C)Cc1cc(OC)cc(-c2cc(CC(C)CC)cc(OC)c2)c1.CCC(C)Cc1ccc(O)c(-c2cc(CC(C)CC)ccc2O)c1.CCC(C)Cc1cccc(-c2cccc(CC(C)CC)c2)c1.COc1cc(C(C)C(C)C)cc(-c2cc(C(C)C(C)C)c(C)c(OC)c2O)c1O.Cc1ccc(-c2cccc(C(C)C(C)C)c2)cc1C(C)C(C)C. The van der Waals surface area contributed by atoms with E-state index in [9.17, 15) is 20.4 Å². The Hall–Kier alpha value is -9.40. The number of phenolic OH excluding ortho intramolecular Hbond substituents is 4. The second kappa shape index (κ2) is 50.7. The average molecular weight is 1680 g/mol. The summed E-state index contributed by atoms with van der Waals surface area (Å²) in [6, 6.07) is 64.7. The molecular weight excluding hydrogens is 1520 g/mol. The Morgan fingerprint density at radius 1 is 0.266 bits per heavy atom. The van der Waals surface area contributed by atoms with Gasteiger partial charge in [0.25, 0.3) is 0 Å². The molecule has 0 saturated carbocycles. The van der Waals surface area contributed by atoms with Crippen molar-refractivity contribution in [3.63, 3.8) is 0 Å². The molecule has 674 valence electrons. The third-order valence-electron chi connectivity index (χ3n) is 26.9. The second-order valence-corrected chi connectivity index (χ2v) is 38.0. The van der Waals surface area contributed by atoms with Crippen molar-refractivity contribution in [2.75, 3.05) is 28.4 Å². The first-order chi connectivity index (χ1) is 58.9. The molecule has 10 atom stereocenters. The molecule has 8 heteroatoms. The summed E-state index contributed by atoms with van der Waals surface area (Å²) in [5, 5.41) is 42.5. The van der Waals surface area contributed by atoms with Gasteiger partial charge in [0.1, 0.15) is 23.0 Å². The summed E-state index contributed by atoms with van der Waals surface area (Å²) in [4.78, 5) is 0. The van der Waals surface area contributed by atoms with Crippen LogP contribution in [0.25, 0.3) is 55.6 Å². The van der Waals surface area contributed by atoms with Crippen molar-refractivity contribution in [3.05, 3.63) is 249 Å². The highest BCUT2D eigenvalue weighted by Gasteiger charge is 2.27. The van der Waals surface area contributed by atoms with E-state index in [1.165, 1.54) is 122 Å². The Balaban J connectivity index is 0.000000240. The molecule has 0 heterocycles. The number of methoxy groups -OCH3 is 4. The molecule has 0 aliphatic heterocycles. The molecule has 0 radical (unpaired) electrons. The van der Waals surface area contributed by atoms with Gasteiger partial charge in [-0.15, -0.1) is 0 Å². The van der Waals surface area contributed by atoms with Gasteiger partial charge in [0.2, 0.25) is 0 Å². The van der Waals surface area contributed by atoms with Gasteiger partial charge in [-0.25, -0.2) is 0 Å². The van der Waals surface area contributed by atoms with E-state index in [-0.39, 0.29) is 34.8 Å². The van der Waals surface area contributed by atoms with Gasteiger partial charge in [-0.05, 0) is 302 Å². The maximum absolute atomic E-state index is 11.0. The van der Waals surface area contributed by atoms with Crippen molar-refractivity contribution in [2.24, 2.45) is 59.2 Å². The average Bonchev–Trinajstić information content (AvgIpc) is 0.765. The summed E-state index contributed by atoms with van der Waals surface area (Å²) in [6.45, 7) is 58.2. The van der Waals surface area contributed by atoms with Crippen LogP contribution in [-0.4, -0.2) is 48.9 Å². The third kappa shape index (κ3) is 30.2. The van der Waals surface area contributed by atoms with Gasteiger partial charge in [-0.2, -0.15) is 0 Å². The predicted octanol–water partition coefficient (Wildman–Crippen LogP) is 32.8.